The van der Waals surface area contributed by atoms with Crippen LogP contribution in [0.5, 0.6) is 0 Å². The van der Waals surface area contributed by atoms with Gasteiger partial charge in [0.05, 0.1) is 5.69 Å². The number of hydrogen-bond donors (Lipinski definition) is 0. The molecule has 5 rings (SSSR count). The van der Waals surface area contributed by atoms with Crippen LogP contribution in [0.4, 0.5) is 0 Å². The number of carbonyl (C=O) groups excluding carboxylic acids is 1. The Morgan fingerprint density at radius 1 is 1.00 bits per heavy atom. The Kier molecular flexibility index (Phi) is 5.40. The quantitative estimate of drug-likeness (QED) is 0.473. The summed E-state index contributed by atoms with van der Waals surface area (Å²) in [6.45, 7) is 3.77. The molecule has 1 amide bonds. The average Bonchev–Trinajstić information content (AvgIpc) is 3.48. The fraction of sp³-hybridized carbons (Fsp3) is 0.318. The largest absolute Gasteiger partial charge is 0.338 e. The summed E-state index contributed by atoms with van der Waals surface area (Å²) in [5.41, 5.74) is 3.08. The number of amides is 1. The van der Waals surface area contributed by atoms with Gasteiger partial charge >= 0.3 is 0 Å². The summed E-state index contributed by atoms with van der Waals surface area (Å²) in [5, 5.41) is 11.5. The molecule has 1 fully saturated rings. The van der Waals surface area contributed by atoms with Crippen LogP contribution in [0.1, 0.15) is 17.3 Å². The molecule has 4 aromatic rings. The normalized spacial score (nSPS) is 15.9. The van der Waals surface area contributed by atoms with E-state index in [-0.39, 0.29) is 5.91 Å². The molecule has 0 radical (unpaired) electrons. The predicted octanol–water partition coefficient (Wildman–Crippen LogP) is 1.45. The third-order valence-electron chi connectivity index (χ3n) is 5.72. The monoisotopic (exact) mass is 416 g/mol. The van der Waals surface area contributed by atoms with Crippen molar-refractivity contribution in [2.75, 3.05) is 26.2 Å². The number of benzene rings is 1. The van der Waals surface area contributed by atoms with E-state index in [0.29, 0.717) is 19.5 Å². The van der Waals surface area contributed by atoms with Gasteiger partial charge in [-0.25, -0.2) is 9.67 Å². The molecular weight excluding hydrogens is 392 g/mol. The predicted molar refractivity (Wildman–Crippen MR) is 114 cm³/mol. The molecular formula is C22H24N8O. The van der Waals surface area contributed by atoms with Crippen molar-refractivity contribution in [3.05, 3.63) is 78.5 Å². The molecule has 0 bridgehead atoms. The van der Waals surface area contributed by atoms with Gasteiger partial charge in [-0.3, -0.25) is 9.69 Å². The van der Waals surface area contributed by atoms with E-state index < -0.39 is 6.04 Å². The van der Waals surface area contributed by atoms with Gasteiger partial charge in [-0.15, -0.1) is 5.10 Å². The fourth-order valence-electron chi connectivity index (χ4n) is 4.07. The van der Waals surface area contributed by atoms with Crippen LogP contribution in [0.2, 0.25) is 0 Å². The lowest BCUT2D eigenvalue weighted by atomic mass is 10.0. The lowest BCUT2D eigenvalue weighted by molar-refractivity contribution is -0.137. The van der Waals surface area contributed by atoms with Crippen molar-refractivity contribution in [2.24, 2.45) is 0 Å². The highest BCUT2D eigenvalue weighted by molar-refractivity contribution is 5.80. The third-order valence-corrected chi connectivity index (χ3v) is 5.72. The zero-order valence-electron chi connectivity index (χ0n) is 17.2. The Morgan fingerprint density at radius 2 is 1.81 bits per heavy atom. The number of fused-ring (bicyclic) bond motifs is 1. The van der Waals surface area contributed by atoms with E-state index in [1.54, 1.807) is 4.68 Å². The first-order valence-corrected chi connectivity index (χ1v) is 10.5. The van der Waals surface area contributed by atoms with Crippen molar-refractivity contribution in [1.29, 1.82) is 0 Å². The van der Waals surface area contributed by atoms with Gasteiger partial charge in [0, 0.05) is 51.5 Å². The van der Waals surface area contributed by atoms with Crippen molar-refractivity contribution in [3.63, 3.8) is 0 Å². The molecule has 4 heterocycles. The lowest BCUT2D eigenvalue weighted by Gasteiger charge is -2.36. The number of nitrogens with zero attached hydrogens (tertiary/aromatic N) is 8. The highest BCUT2D eigenvalue weighted by Gasteiger charge is 2.30. The summed E-state index contributed by atoms with van der Waals surface area (Å²) in [7, 11) is 0. The van der Waals surface area contributed by atoms with Crippen LogP contribution in [-0.4, -0.2) is 71.5 Å². The number of rotatable bonds is 6. The van der Waals surface area contributed by atoms with Crippen LogP contribution >= 0.6 is 0 Å². The van der Waals surface area contributed by atoms with Crippen LogP contribution < -0.4 is 0 Å². The Bertz CT molecular complexity index is 1100. The highest BCUT2D eigenvalue weighted by Crippen LogP contribution is 2.18. The molecule has 0 aliphatic carbocycles. The van der Waals surface area contributed by atoms with Crippen molar-refractivity contribution in [1.82, 2.24) is 39.4 Å². The number of tetrazole rings is 1. The molecule has 1 unspecified atom stereocenters. The van der Waals surface area contributed by atoms with Gasteiger partial charge in [0.1, 0.15) is 18.0 Å². The Labute approximate surface area is 179 Å². The van der Waals surface area contributed by atoms with Gasteiger partial charge in [0.25, 0.3) is 0 Å². The van der Waals surface area contributed by atoms with Gasteiger partial charge < -0.3 is 9.30 Å². The van der Waals surface area contributed by atoms with E-state index in [2.05, 4.69) is 31.6 Å². The molecule has 1 aliphatic rings. The molecule has 0 spiro atoms. The van der Waals surface area contributed by atoms with Crippen molar-refractivity contribution < 1.29 is 4.79 Å². The van der Waals surface area contributed by atoms with E-state index >= 15 is 0 Å². The van der Waals surface area contributed by atoms with Crippen molar-refractivity contribution in [2.45, 2.75) is 19.0 Å². The summed E-state index contributed by atoms with van der Waals surface area (Å²) in [6, 6.07) is 15.5. The SMILES string of the molecule is O=C(C(Cc1ccccc1)n1cnnn1)N1CCN(Cc2cn3ccccc3n2)CC1. The summed E-state index contributed by atoms with van der Waals surface area (Å²) in [4.78, 5) is 22.3. The molecule has 9 nitrogen and oxygen atoms in total. The first-order valence-electron chi connectivity index (χ1n) is 10.5. The first kappa shape index (κ1) is 19.4. The van der Waals surface area contributed by atoms with E-state index in [1.165, 1.54) is 6.33 Å². The highest BCUT2D eigenvalue weighted by atomic mass is 16.2. The van der Waals surface area contributed by atoms with E-state index in [4.69, 9.17) is 0 Å². The molecule has 0 saturated carbocycles. The molecule has 1 aromatic carbocycles. The minimum atomic E-state index is -0.442. The Balaban J connectivity index is 1.23. The Morgan fingerprint density at radius 3 is 2.55 bits per heavy atom. The third kappa shape index (κ3) is 4.31. The molecule has 1 aliphatic heterocycles. The second kappa shape index (κ2) is 8.65. The molecule has 158 valence electrons. The van der Waals surface area contributed by atoms with E-state index in [0.717, 1.165) is 36.5 Å². The van der Waals surface area contributed by atoms with E-state index in [1.807, 2.05) is 64.0 Å². The Hall–Kier alpha value is -3.59. The molecule has 0 N–H and O–H groups in total. The first-order chi connectivity index (χ1) is 15.3. The second-order valence-corrected chi connectivity index (χ2v) is 7.80. The lowest BCUT2D eigenvalue weighted by Crippen LogP contribution is -2.50. The molecule has 1 atom stereocenters. The molecule has 9 heteroatoms. The van der Waals surface area contributed by atoms with Gasteiger partial charge in [-0.1, -0.05) is 36.4 Å². The number of pyridine rings is 1. The zero-order chi connectivity index (χ0) is 21.0. The molecule has 31 heavy (non-hydrogen) atoms. The van der Waals surface area contributed by atoms with Crippen molar-refractivity contribution >= 4 is 11.6 Å². The van der Waals surface area contributed by atoms with Gasteiger partial charge in [0.15, 0.2) is 0 Å². The number of hydrogen-bond acceptors (Lipinski definition) is 6. The summed E-state index contributed by atoms with van der Waals surface area (Å²) < 4.78 is 3.60. The van der Waals surface area contributed by atoms with Gasteiger partial charge in [0.2, 0.25) is 5.91 Å². The van der Waals surface area contributed by atoms with E-state index in [9.17, 15) is 4.79 Å². The van der Waals surface area contributed by atoms with Crippen molar-refractivity contribution in [3.8, 4) is 0 Å². The smallest absolute Gasteiger partial charge is 0.248 e. The summed E-state index contributed by atoms with van der Waals surface area (Å²) >= 11 is 0. The maximum absolute atomic E-state index is 13.4. The summed E-state index contributed by atoms with van der Waals surface area (Å²) in [5.74, 6) is 0.0588. The second-order valence-electron chi connectivity index (χ2n) is 7.80. The minimum Gasteiger partial charge on any atom is -0.338 e. The summed E-state index contributed by atoms with van der Waals surface area (Å²) in [6.07, 6.45) is 6.16. The number of carbonyl (C=O) groups is 1. The van der Waals surface area contributed by atoms with Crippen LogP contribution in [-0.2, 0) is 17.8 Å². The maximum atomic E-state index is 13.4. The number of imidazole rings is 1. The van der Waals surface area contributed by atoms with Crippen LogP contribution in [0, 0.1) is 0 Å². The molecule has 3 aromatic heterocycles. The van der Waals surface area contributed by atoms with Crippen LogP contribution in [0.15, 0.2) is 67.3 Å². The fourth-order valence-corrected chi connectivity index (χ4v) is 4.07. The van der Waals surface area contributed by atoms with Crippen LogP contribution in [0.25, 0.3) is 5.65 Å². The van der Waals surface area contributed by atoms with Crippen LogP contribution in [0.3, 0.4) is 0 Å². The standard InChI is InChI=1S/C22H24N8O/c31-22(20(30-17-23-25-26-30)14-18-6-2-1-3-7-18)28-12-10-27(11-13-28)15-19-16-29-9-5-4-8-21(29)24-19/h1-9,16-17,20H,10-15H2. The maximum Gasteiger partial charge on any atom is 0.248 e. The minimum absolute atomic E-state index is 0.0588. The average molecular weight is 416 g/mol. The number of aromatic nitrogens is 6. The zero-order valence-corrected chi connectivity index (χ0v) is 17.2. The van der Waals surface area contributed by atoms with Gasteiger partial charge in [-0.2, -0.15) is 0 Å². The topological polar surface area (TPSA) is 84.5 Å². The molecule has 1 saturated heterocycles. The number of piperazine rings is 1. The van der Waals surface area contributed by atoms with Gasteiger partial charge in [-0.05, 0) is 28.1 Å².